The van der Waals surface area contributed by atoms with Gasteiger partial charge in [0.25, 0.3) is 0 Å². The van der Waals surface area contributed by atoms with Crippen molar-refractivity contribution in [2.24, 2.45) is 5.14 Å². The van der Waals surface area contributed by atoms with E-state index in [1.807, 2.05) is 0 Å². The summed E-state index contributed by atoms with van der Waals surface area (Å²) >= 11 is 0. The van der Waals surface area contributed by atoms with Crippen LogP contribution in [0.4, 0.5) is 5.82 Å². The van der Waals surface area contributed by atoms with Gasteiger partial charge in [0.05, 0.1) is 0 Å². The number of nitrogen functional groups attached to an aromatic ring is 1. The molecule has 1 saturated heterocycles. The summed E-state index contributed by atoms with van der Waals surface area (Å²) in [6, 6.07) is 1.70. The number of rotatable bonds is 2. The fourth-order valence-electron chi connectivity index (χ4n) is 2.24. The molecular weight excluding hydrogens is 240 g/mol. The Morgan fingerprint density at radius 3 is 2.59 bits per heavy atom. The van der Waals surface area contributed by atoms with Crippen molar-refractivity contribution in [1.29, 1.82) is 0 Å². The number of pyridine rings is 1. The summed E-state index contributed by atoms with van der Waals surface area (Å²) in [5.74, 6) is 0.165. The number of anilines is 1. The number of nitrogens with two attached hydrogens (primary N) is 2. The molecule has 1 aromatic heterocycles. The Hall–Kier alpha value is -1.18. The topological polar surface area (TPSA) is 111 Å². The maximum absolute atomic E-state index is 11.6. The van der Waals surface area contributed by atoms with Crippen molar-refractivity contribution in [2.75, 3.05) is 18.8 Å². The van der Waals surface area contributed by atoms with Gasteiger partial charge in [-0.2, -0.15) is 0 Å². The van der Waals surface area contributed by atoms with Gasteiger partial charge in [-0.15, -0.1) is 0 Å². The molecule has 0 radical (unpaired) electrons. The summed E-state index contributed by atoms with van der Waals surface area (Å²) in [7, 11) is -3.82. The largest absolute Gasteiger partial charge is 0.383 e. The van der Waals surface area contributed by atoms with Crippen LogP contribution in [0.5, 0.6) is 0 Å². The number of primary sulfonamides is 1. The summed E-state index contributed by atoms with van der Waals surface area (Å²) in [6.45, 7) is 1.74. The van der Waals surface area contributed by atoms with E-state index in [0.717, 1.165) is 25.9 Å². The zero-order chi connectivity index (χ0) is 12.5. The Balaban J connectivity index is 2.49. The molecule has 2 rings (SSSR count). The van der Waals surface area contributed by atoms with Crippen molar-refractivity contribution in [3.63, 3.8) is 0 Å². The molecule has 0 spiro atoms. The Bertz CT molecular complexity index is 509. The number of hydrogen-bond donors (Lipinski definition) is 3. The van der Waals surface area contributed by atoms with Crippen LogP contribution in [-0.4, -0.2) is 26.5 Å². The number of nitrogens with zero attached hydrogens (tertiary/aromatic N) is 1. The van der Waals surface area contributed by atoms with Crippen LogP contribution in [0.3, 0.4) is 0 Å². The van der Waals surface area contributed by atoms with Crippen molar-refractivity contribution in [3.8, 4) is 0 Å². The van der Waals surface area contributed by atoms with E-state index in [1.54, 1.807) is 6.07 Å². The number of piperidine rings is 1. The van der Waals surface area contributed by atoms with Crippen LogP contribution in [0, 0.1) is 0 Å². The minimum absolute atomic E-state index is 0.00750. The molecule has 1 aromatic rings. The molecule has 1 fully saturated rings. The van der Waals surface area contributed by atoms with Crippen LogP contribution in [0.25, 0.3) is 0 Å². The number of hydrogen-bond acceptors (Lipinski definition) is 5. The van der Waals surface area contributed by atoms with E-state index in [-0.39, 0.29) is 16.6 Å². The van der Waals surface area contributed by atoms with Crippen LogP contribution in [0.15, 0.2) is 17.2 Å². The highest BCUT2D eigenvalue weighted by Gasteiger charge is 2.25. The molecule has 5 N–H and O–H groups in total. The van der Waals surface area contributed by atoms with Crippen molar-refractivity contribution in [3.05, 3.63) is 17.8 Å². The van der Waals surface area contributed by atoms with Gasteiger partial charge >= 0.3 is 0 Å². The van der Waals surface area contributed by atoms with E-state index in [9.17, 15) is 8.42 Å². The van der Waals surface area contributed by atoms with E-state index in [0.29, 0.717) is 5.56 Å². The number of aromatic nitrogens is 1. The van der Waals surface area contributed by atoms with Crippen molar-refractivity contribution in [1.82, 2.24) is 10.3 Å². The first-order valence-corrected chi connectivity index (χ1v) is 7.02. The molecule has 0 aromatic carbocycles. The molecule has 6 nitrogen and oxygen atoms in total. The lowest BCUT2D eigenvalue weighted by molar-refractivity contribution is 0.455. The third-order valence-electron chi connectivity index (χ3n) is 3.03. The van der Waals surface area contributed by atoms with E-state index in [4.69, 9.17) is 10.9 Å². The first-order chi connectivity index (χ1) is 8.00. The zero-order valence-electron chi connectivity index (χ0n) is 9.39. The second-order valence-corrected chi connectivity index (χ2v) is 5.68. The first-order valence-electron chi connectivity index (χ1n) is 5.48. The number of nitrogens with one attached hydrogen (secondary N) is 1. The zero-order valence-corrected chi connectivity index (χ0v) is 10.2. The SMILES string of the molecule is Nc1nccc(C2CCNCC2)c1S(N)(=O)=O. The van der Waals surface area contributed by atoms with Crippen LogP contribution in [0.1, 0.15) is 24.3 Å². The van der Waals surface area contributed by atoms with Gasteiger partial charge in [0, 0.05) is 6.20 Å². The smallest absolute Gasteiger partial charge is 0.242 e. The molecule has 0 amide bonds. The first kappa shape index (κ1) is 12.3. The normalized spacial score (nSPS) is 18.2. The summed E-state index contributed by atoms with van der Waals surface area (Å²) in [5.41, 5.74) is 6.32. The van der Waals surface area contributed by atoms with E-state index in [2.05, 4.69) is 10.3 Å². The maximum atomic E-state index is 11.6. The predicted molar refractivity (Wildman–Crippen MR) is 64.9 cm³/mol. The molecule has 1 aliphatic heterocycles. The van der Waals surface area contributed by atoms with E-state index in [1.165, 1.54) is 6.20 Å². The third kappa shape index (κ3) is 2.56. The summed E-state index contributed by atoms with van der Waals surface area (Å²) in [4.78, 5) is 3.80. The minimum atomic E-state index is -3.82. The highest BCUT2D eigenvalue weighted by Crippen LogP contribution is 2.31. The Morgan fingerprint density at radius 1 is 1.35 bits per heavy atom. The van der Waals surface area contributed by atoms with Crippen molar-refractivity contribution >= 4 is 15.8 Å². The molecule has 0 bridgehead atoms. The van der Waals surface area contributed by atoms with Gasteiger partial charge in [-0.1, -0.05) is 0 Å². The van der Waals surface area contributed by atoms with Crippen molar-refractivity contribution in [2.45, 2.75) is 23.7 Å². The lowest BCUT2D eigenvalue weighted by atomic mass is 9.91. The van der Waals surface area contributed by atoms with Gasteiger partial charge in [-0.25, -0.2) is 18.5 Å². The van der Waals surface area contributed by atoms with E-state index >= 15 is 0 Å². The second kappa shape index (κ2) is 4.59. The molecule has 0 atom stereocenters. The minimum Gasteiger partial charge on any atom is -0.383 e. The van der Waals surface area contributed by atoms with Crippen molar-refractivity contribution < 1.29 is 8.42 Å². The lowest BCUT2D eigenvalue weighted by Crippen LogP contribution is -2.28. The molecule has 7 heteroatoms. The fraction of sp³-hybridized carbons (Fsp3) is 0.500. The summed E-state index contributed by atoms with van der Waals surface area (Å²) in [6.07, 6.45) is 3.29. The van der Waals surface area contributed by atoms with Gasteiger partial charge in [-0.05, 0) is 43.5 Å². The Kier molecular flexibility index (Phi) is 3.32. The maximum Gasteiger partial charge on any atom is 0.242 e. The molecule has 17 heavy (non-hydrogen) atoms. The lowest BCUT2D eigenvalue weighted by Gasteiger charge is -2.24. The average Bonchev–Trinajstić information content (AvgIpc) is 2.28. The highest BCUT2D eigenvalue weighted by atomic mass is 32.2. The van der Waals surface area contributed by atoms with Crippen LogP contribution in [-0.2, 0) is 10.0 Å². The molecule has 0 unspecified atom stereocenters. The number of sulfonamides is 1. The molecule has 1 aliphatic rings. The average molecular weight is 256 g/mol. The van der Waals surface area contributed by atoms with Crippen LogP contribution in [0.2, 0.25) is 0 Å². The molecule has 94 valence electrons. The highest BCUT2D eigenvalue weighted by molar-refractivity contribution is 7.89. The van der Waals surface area contributed by atoms with Gasteiger partial charge in [0.2, 0.25) is 10.0 Å². The molecule has 0 aliphatic carbocycles. The Labute approximate surface area is 100 Å². The van der Waals surface area contributed by atoms with Crippen LogP contribution >= 0.6 is 0 Å². The molecular formula is C10H16N4O2S. The van der Waals surface area contributed by atoms with Crippen LogP contribution < -0.4 is 16.2 Å². The second-order valence-electron chi connectivity index (χ2n) is 4.18. The van der Waals surface area contributed by atoms with Gasteiger partial charge < -0.3 is 11.1 Å². The quantitative estimate of drug-likeness (QED) is 0.677. The molecule has 2 heterocycles. The van der Waals surface area contributed by atoms with Gasteiger partial charge in [0.15, 0.2) is 0 Å². The van der Waals surface area contributed by atoms with Gasteiger partial charge in [0.1, 0.15) is 10.7 Å². The van der Waals surface area contributed by atoms with E-state index < -0.39 is 10.0 Å². The Morgan fingerprint density at radius 2 is 2.00 bits per heavy atom. The van der Waals surface area contributed by atoms with Gasteiger partial charge in [-0.3, -0.25) is 0 Å². The standard InChI is InChI=1S/C10H16N4O2S/c11-10-9(17(12,15)16)8(3-6-14-10)7-1-4-13-5-2-7/h3,6-7,13H,1-2,4-5H2,(H2,11,14)(H2,12,15,16). The fourth-order valence-corrected chi connectivity index (χ4v) is 3.15. The predicted octanol–water partition coefficient (Wildman–Crippen LogP) is -0.222. The summed E-state index contributed by atoms with van der Waals surface area (Å²) < 4.78 is 23.1. The molecule has 0 saturated carbocycles. The summed E-state index contributed by atoms with van der Waals surface area (Å²) in [5, 5.41) is 8.43. The third-order valence-corrected chi connectivity index (χ3v) is 4.04. The monoisotopic (exact) mass is 256 g/mol.